The number of anilines is 1. The van der Waals surface area contributed by atoms with Crippen LogP contribution in [0.25, 0.3) is 0 Å². The van der Waals surface area contributed by atoms with Crippen LogP contribution in [-0.4, -0.2) is 53.3 Å². The lowest BCUT2D eigenvalue weighted by Gasteiger charge is -2.25. The van der Waals surface area contributed by atoms with Crippen LogP contribution in [0.2, 0.25) is 5.02 Å². The van der Waals surface area contributed by atoms with Crippen LogP contribution in [-0.2, 0) is 10.5 Å². The van der Waals surface area contributed by atoms with Crippen LogP contribution >= 0.6 is 46.0 Å². The maximum atomic E-state index is 14.0. The molecule has 10 nitrogen and oxygen atoms in total. The number of methoxy groups -OCH3 is 3. The second-order valence-corrected chi connectivity index (χ2v) is 12.9. The highest BCUT2D eigenvalue weighted by atomic mass is 35.5. The van der Waals surface area contributed by atoms with Crippen LogP contribution in [0.5, 0.6) is 17.2 Å². The summed E-state index contributed by atoms with van der Waals surface area (Å²) in [5, 5.41) is 21.3. The molecule has 1 N–H and O–H groups in total. The van der Waals surface area contributed by atoms with E-state index in [9.17, 15) is 14.7 Å². The number of nitrogens with zero attached hydrogens (tertiary/aromatic N) is 4. The van der Waals surface area contributed by atoms with E-state index in [0.29, 0.717) is 53.5 Å². The van der Waals surface area contributed by atoms with Crippen LogP contribution in [0.1, 0.15) is 37.5 Å². The molecule has 3 heterocycles. The molecule has 2 aromatic heterocycles. The van der Waals surface area contributed by atoms with Gasteiger partial charge in [0.25, 0.3) is 5.91 Å². The zero-order chi connectivity index (χ0) is 30.1. The summed E-state index contributed by atoms with van der Waals surface area (Å²) in [5.41, 5.74) is 1.88. The molecule has 0 bridgehead atoms. The zero-order valence-electron chi connectivity index (χ0n) is 23.1. The van der Waals surface area contributed by atoms with Gasteiger partial charge in [-0.2, -0.15) is 0 Å². The van der Waals surface area contributed by atoms with Crippen molar-refractivity contribution in [2.24, 2.45) is 0 Å². The summed E-state index contributed by atoms with van der Waals surface area (Å²) in [4.78, 5) is 33.6. The summed E-state index contributed by atoms with van der Waals surface area (Å²) in [5.74, 6) is -0.375. The molecule has 1 unspecified atom stereocenters. The van der Waals surface area contributed by atoms with Gasteiger partial charge in [-0.3, -0.25) is 14.5 Å². The van der Waals surface area contributed by atoms with Gasteiger partial charge in [0.05, 0.1) is 48.5 Å². The third-order valence-electron chi connectivity index (χ3n) is 6.44. The minimum absolute atomic E-state index is 0.105. The van der Waals surface area contributed by atoms with Crippen LogP contribution in [0, 0.1) is 13.8 Å². The molecule has 14 heteroatoms. The highest BCUT2D eigenvalue weighted by molar-refractivity contribution is 8.00. The number of aryl methyl sites for hydroxylation is 2. The number of amides is 1. The second-order valence-electron chi connectivity index (χ2n) is 9.04. The van der Waals surface area contributed by atoms with Crippen molar-refractivity contribution in [2.75, 3.05) is 26.2 Å². The van der Waals surface area contributed by atoms with E-state index < -0.39 is 23.5 Å². The number of thiazole rings is 1. The standard InChI is InChI=1S/C28H25ClN4O6S3/c1-13-25(41-14(2)30-13)22(34)20-21(16-10-18(37-3)24(39-5)19(11-16)38-4)33(26(36)23(20)35)27-31-32-28(42-27)40-12-15-6-8-17(29)9-7-15/h6-11,21,35H,12H2,1-5H3. The smallest absolute Gasteiger partial charge is 0.296 e. The van der Waals surface area contributed by atoms with Crippen molar-refractivity contribution in [3.8, 4) is 17.2 Å². The van der Waals surface area contributed by atoms with E-state index in [0.717, 1.165) is 5.56 Å². The predicted molar refractivity (Wildman–Crippen MR) is 163 cm³/mol. The Bertz CT molecular complexity index is 1680. The fraction of sp³-hybridized carbons (Fsp3) is 0.250. The summed E-state index contributed by atoms with van der Waals surface area (Å²) < 4.78 is 17.2. The summed E-state index contributed by atoms with van der Waals surface area (Å²) >= 11 is 9.81. The molecule has 0 spiro atoms. The highest BCUT2D eigenvalue weighted by Crippen LogP contribution is 2.48. The number of carbonyl (C=O) groups excluding carboxylic acids is 2. The first kappa shape index (κ1) is 29.8. The Morgan fingerprint density at radius 3 is 2.29 bits per heavy atom. The Labute approximate surface area is 258 Å². The number of aliphatic hydroxyl groups is 1. The van der Waals surface area contributed by atoms with Gasteiger partial charge in [-0.1, -0.05) is 46.8 Å². The molecular formula is C28H25ClN4O6S3. The molecule has 218 valence electrons. The Morgan fingerprint density at radius 1 is 1.05 bits per heavy atom. The van der Waals surface area contributed by atoms with Gasteiger partial charge < -0.3 is 19.3 Å². The van der Waals surface area contributed by atoms with E-state index in [2.05, 4.69) is 15.2 Å². The summed E-state index contributed by atoms with van der Waals surface area (Å²) in [6, 6.07) is 9.68. The molecule has 1 amide bonds. The van der Waals surface area contributed by atoms with Crippen molar-refractivity contribution >= 4 is 62.9 Å². The number of thioether (sulfide) groups is 1. The van der Waals surface area contributed by atoms with Crippen molar-refractivity contribution in [1.82, 2.24) is 15.2 Å². The molecule has 1 aliphatic rings. The van der Waals surface area contributed by atoms with Crippen molar-refractivity contribution in [3.63, 3.8) is 0 Å². The molecule has 5 rings (SSSR count). The Hall–Kier alpha value is -3.65. The lowest BCUT2D eigenvalue weighted by Crippen LogP contribution is -2.31. The molecule has 1 atom stereocenters. The quantitative estimate of drug-likeness (QED) is 0.118. The van der Waals surface area contributed by atoms with Gasteiger partial charge in [0.2, 0.25) is 16.7 Å². The van der Waals surface area contributed by atoms with E-state index >= 15 is 0 Å². The maximum Gasteiger partial charge on any atom is 0.296 e. The number of Topliss-reactive ketones (excluding diaryl/α,β-unsaturated/α-hetero) is 1. The molecule has 0 radical (unpaired) electrons. The lowest BCUT2D eigenvalue weighted by atomic mass is 9.94. The molecule has 0 aliphatic carbocycles. The Morgan fingerprint density at radius 2 is 1.71 bits per heavy atom. The zero-order valence-corrected chi connectivity index (χ0v) is 26.3. The number of aliphatic hydroxyl groups excluding tert-OH is 1. The number of halogens is 1. The predicted octanol–water partition coefficient (Wildman–Crippen LogP) is 6.37. The number of ether oxygens (including phenoxy) is 3. The topological polar surface area (TPSA) is 124 Å². The largest absolute Gasteiger partial charge is 0.503 e. The van der Waals surface area contributed by atoms with Crippen molar-refractivity contribution in [2.45, 2.75) is 30.0 Å². The second kappa shape index (κ2) is 12.3. The van der Waals surface area contributed by atoms with E-state index in [1.807, 2.05) is 24.3 Å². The van der Waals surface area contributed by atoms with E-state index in [1.165, 1.54) is 60.7 Å². The number of hydrogen-bond acceptors (Lipinski definition) is 12. The fourth-order valence-corrected chi connectivity index (χ4v) is 7.38. The molecule has 1 aliphatic heterocycles. The first-order valence-corrected chi connectivity index (χ1v) is 15.4. The van der Waals surface area contributed by atoms with Gasteiger partial charge in [0, 0.05) is 10.8 Å². The van der Waals surface area contributed by atoms with Gasteiger partial charge >= 0.3 is 0 Å². The number of hydrogen-bond donors (Lipinski definition) is 1. The van der Waals surface area contributed by atoms with Crippen molar-refractivity contribution in [3.05, 3.63) is 79.5 Å². The maximum absolute atomic E-state index is 14.0. The first-order chi connectivity index (χ1) is 20.2. The van der Waals surface area contributed by atoms with E-state index in [-0.39, 0.29) is 10.7 Å². The SMILES string of the molecule is COc1cc(C2C(C(=O)c3sc(C)nc3C)=C(O)C(=O)N2c2nnc(SCc3ccc(Cl)cc3)s2)cc(OC)c1OC. The number of rotatable bonds is 10. The minimum atomic E-state index is -1.07. The summed E-state index contributed by atoms with van der Waals surface area (Å²) in [6.45, 7) is 3.50. The number of ketones is 1. The van der Waals surface area contributed by atoms with Gasteiger partial charge in [-0.25, -0.2) is 4.98 Å². The monoisotopic (exact) mass is 644 g/mol. The first-order valence-electron chi connectivity index (χ1n) is 12.4. The lowest BCUT2D eigenvalue weighted by molar-refractivity contribution is -0.117. The summed E-state index contributed by atoms with van der Waals surface area (Å²) in [6.07, 6.45) is 0. The van der Waals surface area contributed by atoms with Crippen LogP contribution < -0.4 is 19.1 Å². The number of aromatic nitrogens is 3. The van der Waals surface area contributed by atoms with Gasteiger partial charge in [-0.15, -0.1) is 21.5 Å². The third-order valence-corrected chi connectivity index (χ3v) is 9.89. The number of carbonyl (C=O) groups is 2. The van der Waals surface area contributed by atoms with Crippen molar-refractivity contribution in [1.29, 1.82) is 0 Å². The fourth-order valence-electron chi connectivity index (χ4n) is 4.56. The van der Waals surface area contributed by atoms with Crippen molar-refractivity contribution < 1.29 is 28.9 Å². The Kier molecular flexibility index (Phi) is 8.73. The molecule has 4 aromatic rings. The molecule has 42 heavy (non-hydrogen) atoms. The van der Waals surface area contributed by atoms with Crippen LogP contribution in [0.4, 0.5) is 5.13 Å². The normalized spacial score (nSPS) is 15.0. The summed E-state index contributed by atoms with van der Waals surface area (Å²) in [7, 11) is 4.41. The Balaban J connectivity index is 1.59. The van der Waals surface area contributed by atoms with Crippen LogP contribution in [0.15, 0.2) is 52.1 Å². The highest BCUT2D eigenvalue weighted by Gasteiger charge is 2.47. The molecule has 0 saturated heterocycles. The molecule has 0 fully saturated rings. The van der Waals surface area contributed by atoms with Crippen LogP contribution in [0.3, 0.4) is 0 Å². The third kappa shape index (κ3) is 5.56. The van der Waals surface area contributed by atoms with Gasteiger partial charge in [0.1, 0.15) is 0 Å². The van der Waals surface area contributed by atoms with E-state index in [1.54, 1.807) is 26.0 Å². The van der Waals surface area contributed by atoms with E-state index in [4.69, 9.17) is 25.8 Å². The average molecular weight is 645 g/mol. The number of benzene rings is 2. The average Bonchev–Trinajstić information content (AvgIpc) is 3.66. The van der Waals surface area contributed by atoms with Gasteiger partial charge in [-0.05, 0) is 49.2 Å². The minimum Gasteiger partial charge on any atom is -0.503 e. The molecule has 2 aromatic carbocycles. The molecular weight excluding hydrogens is 620 g/mol. The van der Waals surface area contributed by atoms with Gasteiger partial charge in [0.15, 0.2) is 21.6 Å². The molecule has 0 saturated carbocycles.